The molecule has 0 aromatic heterocycles. The van der Waals surface area contributed by atoms with Gasteiger partial charge in [0.25, 0.3) is 11.7 Å². The number of amides is 1. The molecule has 2 saturated heterocycles. The molecule has 14 heteroatoms. The number of piperidine rings is 1. The number of nitrogens with zero attached hydrogens (tertiary/aromatic N) is 1. The fourth-order valence-electron chi connectivity index (χ4n) is 10.1. The molecule has 3 aliphatic heterocycles. The molecule has 65 heavy (non-hydrogen) atoms. The number of allylic oxidation sites excluding steroid dienone is 6. The molecule has 1 amide bonds. The highest BCUT2D eigenvalue weighted by Crippen LogP contribution is 2.38. The number of ether oxygens (including phenoxy) is 5. The lowest BCUT2D eigenvalue weighted by Crippen LogP contribution is -2.61. The van der Waals surface area contributed by atoms with Crippen molar-refractivity contribution < 1.29 is 63.0 Å². The summed E-state index contributed by atoms with van der Waals surface area (Å²) < 4.78 is 29.4. The van der Waals surface area contributed by atoms with E-state index in [-0.39, 0.29) is 54.8 Å². The van der Waals surface area contributed by atoms with Gasteiger partial charge < -0.3 is 43.9 Å². The van der Waals surface area contributed by atoms with Crippen LogP contribution in [0.4, 0.5) is 0 Å². The van der Waals surface area contributed by atoms with Gasteiger partial charge in [0.1, 0.15) is 30.1 Å². The molecule has 0 spiro atoms. The highest BCUT2D eigenvalue weighted by Gasteiger charge is 2.53. The summed E-state index contributed by atoms with van der Waals surface area (Å²) in [5.41, 5.74) is 1.27. The van der Waals surface area contributed by atoms with Crippen LogP contribution in [0.5, 0.6) is 0 Å². The van der Waals surface area contributed by atoms with Crippen LogP contribution in [0.2, 0.25) is 0 Å². The number of fused-ring (bicyclic) bond motifs is 3. The zero-order chi connectivity index (χ0) is 48.2. The topological polar surface area (TPSA) is 195 Å². The lowest BCUT2D eigenvalue weighted by molar-refractivity contribution is -0.265. The molecular weight excluding hydrogens is 835 g/mol. The van der Waals surface area contributed by atoms with Crippen molar-refractivity contribution in [2.24, 2.45) is 35.5 Å². The first-order chi connectivity index (χ1) is 30.7. The summed E-state index contributed by atoms with van der Waals surface area (Å²) in [4.78, 5) is 71.8. The molecule has 366 valence electrons. The largest absolute Gasteiger partial charge is 0.460 e. The Morgan fingerprint density at radius 3 is 2.25 bits per heavy atom. The molecule has 1 aliphatic carbocycles. The van der Waals surface area contributed by atoms with Crippen LogP contribution >= 0.6 is 0 Å². The smallest absolute Gasteiger partial charge is 0.329 e. The van der Waals surface area contributed by atoms with E-state index in [1.807, 2.05) is 58.1 Å². The molecule has 4 rings (SSSR count). The van der Waals surface area contributed by atoms with E-state index < -0.39 is 83.9 Å². The van der Waals surface area contributed by atoms with Gasteiger partial charge in [-0.05, 0) is 107 Å². The number of Topliss-reactive ketones (excluding diaryl/α,β-unsaturated/α-hetero) is 3. The minimum absolute atomic E-state index is 0.0193. The molecule has 3 N–H and O–H groups in total. The molecule has 2 bridgehead atoms. The molecule has 4 aliphatic rings. The quantitative estimate of drug-likeness (QED) is 0.156. The molecule has 0 radical (unpaired) electrons. The summed E-state index contributed by atoms with van der Waals surface area (Å²) >= 11 is 0. The third kappa shape index (κ3) is 14.3. The predicted molar refractivity (Wildman–Crippen MR) is 245 cm³/mol. The van der Waals surface area contributed by atoms with Crippen LogP contribution in [0.25, 0.3) is 0 Å². The second-order valence-corrected chi connectivity index (χ2v) is 19.6. The lowest BCUT2D eigenvalue weighted by atomic mass is 9.78. The molecule has 0 aromatic rings. The number of hydrogen-bond donors (Lipinski definition) is 3. The Kier molecular flexibility index (Phi) is 21.0. The summed E-state index contributed by atoms with van der Waals surface area (Å²) in [5.74, 6) is -7.96. The van der Waals surface area contributed by atoms with Crippen LogP contribution in [0.15, 0.2) is 47.6 Å². The van der Waals surface area contributed by atoms with Crippen LogP contribution in [0.1, 0.15) is 126 Å². The minimum Gasteiger partial charge on any atom is -0.460 e. The molecular formula is C51H79NO13. The molecule has 3 fully saturated rings. The summed E-state index contributed by atoms with van der Waals surface area (Å²) in [6.45, 7) is 12.7. The van der Waals surface area contributed by atoms with Gasteiger partial charge in [-0.1, -0.05) is 71.1 Å². The number of cyclic esters (lactones) is 1. The van der Waals surface area contributed by atoms with Gasteiger partial charge in [-0.15, -0.1) is 0 Å². The van der Waals surface area contributed by atoms with Crippen molar-refractivity contribution in [2.75, 3.05) is 27.9 Å². The fourth-order valence-corrected chi connectivity index (χ4v) is 10.1. The maximum absolute atomic E-state index is 14.4. The van der Waals surface area contributed by atoms with Gasteiger partial charge in [0, 0.05) is 58.5 Å². The average molecular weight is 914 g/mol. The summed E-state index contributed by atoms with van der Waals surface area (Å²) in [6.07, 6.45) is 11.2. The van der Waals surface area contributed by atoms with Crippen LogP contribution in [0.3, 0.4) is 0 Å². The Balaban J connectivity index is 1.70. The maximum Gasteiger partial charge on any atom is 0.329 e. The third-order valence-corrected chi connectivity index (χ3v) is 14.5. The van der Waals surface area contributed by atoms with Crippen molar-refractivity contribution >= 4 is 29.2 Å². The van der Waals surface area contributed by atoms with E-state index in [0.717, 1.165) is 12.0 Å². The van der Waals surface area contributed by atoms with Crippen LogP contribution in [-0.4, -0.2) is 132 Å². The Hall–Kier alpha value is -3.37. The second kappa shape index (κ2) is 25.1. The number of ketones is 3. The average Bonchev–Trinajstić information content (AvgIpc) is 3.28. The number of aliphatic hydroxyl groups is 3. The molecule has 1 unspecified atom stereocenters. The fraction of sp³-hybridized carbons (Fsp3) is 0.745. The van der Waals surface area contributed by atoms with Gasteiger partial charge in [0.2, 0.25) is 5.79 Å². The lowest BCUT2D eigenvalue weighted by Gasteiger charge is -2.42. The highest BCUT2D eigenvalue weighted by atomic mass is 16.6. The molecule has 15 atom stereocenters. The van der Waals surface area contributed by atoms with Gasteiger partial charge >= 0.3 is 5.97 Å². The van der Waals surface area contributed by atoms with E-state index in [2.05, 4.69) is 0 Å². The summed E-state index contributed by atoms with van der Waals surface area (Å²) in [5, 5.41) is 33.8. The molecule has 3 heterocycles. The van der Waals surface area contributed by atoms with Crippen molar-refractivity contribution in [1.82, 2.24) is 4.90 Å². The summed E-state index contributed by atoms with van der Waals surface area (Å²) in [7, 11) is 4.52. The van der Waals surface area contributed by atoms with E-state index in [1.54, 1.807) is 41.1 Å². The van der Waals surface area contributed by atoms with Crippen molar-refractivity contribution in [2.45, 2.75) is 180 Å². The number of aliphatic hydroxyl groups excluding tert-OH is 2. The van der Waals surface area contributed by atoms with E-state index >= 15 is 0 Å². The van der Waals surface area contributed by atoms with Crippen molar-refractivity contribution in [1.29, 1.82) is 0 Å². The van der Waals surface area contributed by atoms with Gasteiger partial charge in [-0.2, -0.15) is 0 Å². The normalized spacial score (nSPS) is 40.4. The number of rotatable bonds is 6. The monoisotopic (exact) mass is 914 g/mol. The third-order valence-electron chi connectivity index (χ3n) is 14.5. The Bertz CT molecular complexity index is 1760. The van der Waals surface area contributed by atoms with Crippen molar-refractivity contribution in [3.63, 3.8) is 0 Å². The molecule has 1 saturated carbocycles. The van der Waals surface area contributed by atoms with Gasteiger partial charge in [-0.3, -0.25) is 19.2 Å². The SMILES string of the molecule is CO[C@H]1C[C@@H]2CC[C@@H](C)[C@@](O)(O2)C(=O)C(=O)N2CCCC[C@H]2C(=O)O[C@H]([C@H](C)C[C@@H]2CCC(O)[C@H](OC)C2)CC(=O)[C@H](C)/C=C(/C)[C@@H](O)[C@@H](OC)C(=O)[C@H](C)C[C@H](C)/C=C/C=C\C=C\1C. The van der Waals surface area contributed by atoms with E-state index in [9.17, 15) is 39.3 Å². The van der Waals surface area contributed by atoms with Gasteiger partial charge in [-0.25, -0.2) is 4.79 Å². The van der Waals surface area contributed by atoms with Crippen LogP contribution < -0.4 is 0 Å². The number of esters is 1. The predicted octanol–water partition coefficient (Wildman–Crippen LogP) is 6.18. The first kappa shape index (κ1) is 54.2. The minimum atomic E-state index is -2.43. The first-order valence-electron chi connectivity index (χ1n) is 23.9. The van der Waals surface area contributed by atoms with E-state index in [1.165, 1.54) is 12.0 Å². The molecule has 14 nitrogen and oxygen atoms in total. The van der Waals surface area contributed by atoms with E-state index in [4.69, 9.17) is 23.7 Å². The van der Waals surface area contributed by atoms with Crippen molar-refractivity contribution in [3.05, 3.63) is 47.6 Å². The van der Waals surface area contributed by atoms with Crippen LogP contribution in [0, 0.1) is 35.5 Å². The number of carbonyl (C=O) groups is 5. The first-order valence-corrected chi connectivity index (χ1v) is 23.9. The molecule has 0 aromatic carbocycles. The van der Waals surface area contributed by atoms with E-state index in [0.29, 0.717) is 63.4 Å². The number of hydrogen-bond acceptors (Lipinski definition) is 13. The number of methoxy groups -OCH3 is 3. The Morgan fingerprint density at radius 2 is 1.57 bits per heavy atom. The zero-order valence-corrected chi connectivity index (χ0v) is 40.6. The Morgan fingerprint density at radius 1 is 0.846 bits per heavy atom. The summed E-state index contributed by atoms with van der Waals surface area (Å²) in [6, 6.07) is -1.14. The second-order valence-electron chi connectivity index (χ2n) is 19.6. The van der Waals surface area contributed by atoms with Gasteiger partial charge in [0.15, 0.2) is 5.78 Å². The maximum atomic E-state index is 14.4. The standard InChI is InChI=1S/C51H79NO13/c1-30-16-12-11-13-17-31(2)42(61-8)28-38-21-19-36(7)51(60,65-38)48(57)49(58)52-23-15-14-18-39(52)50(59)64-43(33(4)26-37-20-22-40(53)44(27-37)62-9)29-41(54)32(3)25-35(6)46(56)47(63-10)45(55)34(5)24-30/h11-13,16-17,25,30,32-34,36-40,42-44,46-47,53,56,60H,14-15,18-24,26-29H2,1-10H3/b13-11-,16-12+,31-17+,35-25-/t30-,32-,33-,34-,36-,37+,38+,39+,40?,42+,43+,44-,46-,47+,51-/m1/s1. The number of carbonyl (C=O) groups excluding carboxylic acids is 5. The Labute approximate surface area is 387 Å². The van der Waals surface area contributed by atoms with Crippen LogP contribution in [-0.2, 0) is 47.7 Å². The zero-order valence-electron chi connectivity index (χ0n) is 40.6. The highest BCUT2D eigenvalue weighted by molar-refractivity contribution is 6.39. The van der Waals surface area contributed by atoms with Crippen molar-refractivity contribution in [3.8, 4) is 0 Å². The van der Waals surface area contributed by atoms with Gasteiger partial charge in [0.05, 0.1) is 24.4 Å².